The molecule has 0 saturated carbocycles. The SMILES string of the molecule is Cc1c(-c2cccc(C(=O)O)c2)c(N2CC[C@H](N(C)C)C2)n2c(nc3ccccc32)c1C#N. The summed E-state index contributed by atoms with van der Waals surface area (Å²) < 4.78 is 2.09. The highest BCUT2D eigenvalue weighted by molar-refractivity contribution is 5.94. The number of carboxylic acid groups (broad SMARTS) is 1. The maximum absolute atomic E-state index is 11.7. The van der Waals surface area contributed by atoms with Crippen LogP contribution >= 0.6 is 0 Å². The van der Waals surface area contributed by atoms with Gasteiger partial charge >= 0.3 is 5.97 Å². The molecule has 33 heavy (non-hydrogen) atoms. The van der Waals surface area contributed by atoms with Crippen molar-refractivity contribution in [2.24, 2.45) is 0 Å². The smallest absolute Gasteiger partial charge is 0.335 e. The fourth-order valence-electron chi connectivity index (χ4n) is 4.92. The number of para-hydroxylation sites is 2. The number of aromatic nitrogens is 2. The summed E-state index contributed by atoms with van der Waals surface area (Å²) in [5.74, 6) is -0.0124. The highest BCUT2D eigenvalue weighted by atomic mass is 16.4. The van der Waals surface area contributed by atoms with Gasteiger partial charge in [0.05, 0.1) is 22.2 Å². The van der Waals surface area contributed by atoms with Gasteiger partial charge in [-0.3, -0.25) is 4.40 Å². The summed E-state index contributed by atoms with van der Waals surface area (Å²) in [5, 5.41) is 19.7. The molecule has 1 atom stereocenters. The van der Waals surface area contributed by atoms with E-state index in [2.05, 4.69) is 34.4 Å². The Hall–Kier alpha value is -3.89. The van der Waals surface area contributed by atoms with Crippen LogP contribution in [0.1, 0.15) is 27.9 Å². The highest BCUT2D eigenvalue weighted by Gasteiger charge is 2.31. The van der Waals surface area contributed by atoms with Gasteiger partial charge in [-0.2, -0.15) is 5.26 Å². The van der Waals surface area contributed by atoms with Crippen LogP contribution in [0.3, 0.4) is 0 Å². The van der Waals surface area contributed by atoms with Crippen molar-refractivity contribution in [2.45, 2.75) is 19.4 Å². The molecule has 4 aromatic rings. The monoisotopic (exact) mass is 439 g/mol. The van der Waals surface area contributed by atoms with Gasteiger partial charge in [-0.15, -0.1) is 0 Å². The Morgan fingerprint density at radius 2 is 2.00 bits per heavy atom. The Kier molecular flexibility index (Phi) is 5.03. The molecule has 2 aromatic carbocycles. The van der Waals surface area contributed by atoms with Crippen molar-refractivity contribution in [2.75, 3.05) is 32.1 Å². The van der Waals surface area contributed by atoms with Crippen molar-refractivity contribution < 1.29 is 9.90 Å². The Labute approximate surface area is 192 Å². The topological polar surface area (TPSA) is 84.9 Å². The molecule has 5 rings (SSSR count). The first-order valence-corrected chi connectivity index (χ1v) is 11.0. The fraction of sp³-hybridized carbons (Fsp3) is 0.269. The minimum atomic E-state index is -0.973. The summed E-state index contributed by atoms with van der Waals surface area (Å²) in [4.78, 5) is 21.1. The predicted molar refractivity (Wildman–Crippen MR) is 129 cm³/mol. The van der Waals surface area contributed by atoms with Crippen molar-refractivity contribution in [3.63, 3.8) is 0 Å². The van der Waals surface area contributed by atoms with E-state index in [0.29, 0.717) is 17.3 Å². The van der Waals surface area contributed by atoms with Crippen LogP contribution in [0.5, 0.6) is 0 Å². The average Bonchev–Trinajstić information content (AvgIpc) is 3.44. The number of hydrogen-bond donors (Lipinski definition) is 1. The molecule has 0 aliphatic carbocycles. The second kappa shape index (κ2) is 7.91. The molecule has 0 unspecified atom stereocenters. The van der Waals surface area contributed by atoms with Crippen LogP contribution in [0.25, 0.3) is 27.8 Å². The molecule has 0 radical (unpaired) electrons. The number of nitriles is 1. The van der Waals surface area contributed by atoms with E-state index in [-0.39, 0.29) is 5.56 Å². The second-order valence-corrected chi connectivity index (χ2v) is 8.81. The number of carbonyl (C=O) groups is 1. The molecule has 1 aliphatic heterocycles. The molecule has 0 amide bonds. The van der Waals surface area contributed by atoms with Crippen molar-refractivity contribution in [3.8, 4) is 17.2 Å². The number of nitrogens with zero attached hydrogens (tertiary/aromatic N) is 5. The van der Waals surface area contributed by atoms with Gasteiger partial charge in [-0.1, -0.05) is 24.3 Å². The van der Waals surface area contributed by atoms with Crippen LogP contribution in [0.15, 0.2) is 48.5 Å². The second-order valence-electron chi connectivity index (χ2n) is 8.81. The van der Waals surface area contributed by atoms with Crippen LogP contribution in [0.2, 0.25) is 0 Å². The maximum Gasteiger partial charge on any atom is 0.335 e. The molecule has 7 heteroatoms. The van der Waals surface area contributed by atoms with E-state index in [1.165, 1.54) is 0 Å². The first-order valence-electron chi connectivity index (χ1n) is 11.0. The van der Waals surface area contributed by atoms with E-state index in [4.69, 9.17) is 4.98 Å². The van der Waals surface area contributed by atoms with Crippen LogP contribution in [0, 0.1) is 18.3 Å². The number of anilines is 1. The number of fused-ring (bicyclic) bond motifs is 3. The van der Waals surface area contributed by atoms with Crippen molar-refractivity contribution in [3.05, 3.63) is 65.2 Å². The van der Waals surface area contributed by atoms with E-state index in [0.717, 1.165) is 53.1 Å². The van der Waals surface area contributed by atoms with Gasteiger partial charge in [0, 0.05) is 24.7 Å². The molecule has 0 spiro atoms. The molecular weight excluding hydrogens is 414 g/mol. The molecule has 1 aliphatic rings. The molecule has 3 heterocycles. The minimum absolute atomic E-state index is 0.222. The summed E-state index contributed by atoms with van der Waals surface area (Å²) in [5.41, 5.74) is 5.60. The lowest BCUT2D eigenvalue weighted by Crippen LogP contribution is -2.32. The van der Waals surface area contributed by atoms with Gasteiger partial charge in [0.15, 0.2) is 5.65 Å². The van der Waals surface area contributed by atoms with E-state index < -0.39 is 5.97 Å². The number of benzene rings is 2. The van der Waals surface area contributed by atoms with Gasteiger partial charge < -0.3 is 14.9 Å². The average molecular weight is 440 g/mol. The summed E-state index contributed by atoms with van der Waals surface area (Å²) in [7, 11) is 4.19. The highest BCUT2D eigenvalue weighted by Crippen LogP contribution is 2.41. The van der Waals surface area contributed by atoms with Gasteiger partial charge in [-0.25, -0.2) is 9.78 Å². The largest absolute Gasteiger partial charge is 0.478 e. The maximum atomic E-state index is 11.7. The fourth-order valence-corrected chi connectivity index (χ4v) is 4.92. The van der Waals surface area contributed by atoms with Crippen LogP contribution < -0.4 is 4.90 Å². The Bertz CT molecular complexity index is 1450. The van der Waals surface area contributed by atoms with E-state index in [1.807, 2.05) is 37.3 Å². The first kappa shape index (κ1) is 21.0. The quantitative estimate of drug-likeness (QED) is 0.514. The molecule has 1 N–H and O–H groups in total. The van der Waals surface area contributed by atoms with Gasteiger partial charge in [0.2, 0.25) is 0 Å². The lowest BCUT2D eigenvalue weighted by Gasteiger charge is -2.27. The number of likely N-dealkylation sites (N-methyl/N-ethyl adjacent to an activating group) is 1. The van der Waals surface area contributed by atoms with Crippen LogP contribution in [-0.2, 0) is 0 Å². The third-order valence-electron chi connectivity index (χ3n) is 6.67. The van der Waals surface area contributed by atoms with Gasteiger partial charge in [0.25, 0.3) is 0 Å². The molecule has 166 valence electrons. The van der Waals surface area contributed by atoms with Crippen molar-refractivity contribution >= 4 is 28.5 Å². The molecule has 0 bridgehead atoms. The van der Waals surface area contributed by atoms with Crippen molar-refractivity contribution in [1.29, 1.82) is 5.26 Å². The Morgan fingerprint density at radius 3 is 2.70 bits per heavy atom. The number of pyridine rings is 1. The predicted octanol–water partition coefficient (Wildman–Crippen LogP) is 4.17. The summed E-state index contributed by atoms with van der Waals surface area (Å²) in [6, 6.07) is 17.6. The zero-order chi connectivity index (χ0) is 23.3. The third kappa shape index (κ3) is 3.31. The Balaban J connectivity index is 1.90. The van der Waals surface area contributed by atoms with E-state index >= 15 is 0 Å². The van der Waals surface area contributed by atoms with Gasteiger partial charge in [0.1, 0.15) is 11.9 Å². The number of aromatic carboxylic acids is 1. The third-order valence-corrected chi connectivity index (χ3v) is 6.67. The molecule has 1 saturated heterocycles. The first-order chi connectivity index (χ1) is 15.9. The van der Waals surface area contributed by atoms with Crippen LogP contribution in [0.4, 0.5) is 5.82 Å². The minimum Gasteiger partial charge on any atom is -0.478 e. The number of rotatable bonds is 4. The van der Waals surface area contributed by atoms with E-state index in [9.17, 15) is 15.2 Å². The number of carboxylic acids is 1. The van der Waals surface area contributed by atoms with Gasteiger partial charge in [-0.05, 0) is 62.8 Å². The molecule has 7 nitrogen and oxygen atoms in total. The van der Waals surface area contributed by atoms with Crippen molar-refractivity contribution in [1.82, 2.24) is 14.3 Å². The summed E-state index contributed by atoms with van der Waals surface area (Å²) in [6.45, 7) is 3.64. The lowest BCUT2D eigenvalue weighted by atomic mass is 9.96. The van der Waals surface area contributed by atoms with Crippen LogP contribution in [-0.4, -0.2) is 58.6 Å². The Morgan fingerprint density at radius 1 is 1.21 bits per heavy atom. The molecule has 2 aromatic heterocycles. The lowest BCUT2D eigenvalue weighted by molar-refractivity contribution is 0.0697. The number of hydrogen-bond acceptors (Lipinski definition) is 5. The number of imidazole rings is 1. The standard InChI is InChI=1S/C26H25N5O2/c1-16-20(14-27)24-28-21-9-4-5-10-22(21)31(24)25(30-12-11-19(15-30)29(2)3)23(16)17-7-6-8-18(13-17)26(32)33/h4-10,13,19H,11-12,15H2,1-3H3,(H,32,33)/t19-/m0/s1. The normalized spacial score (nSPS) is 16.1. The molecular formula is C26H25N5O2. The molecule has 1 fully saturated rings. The zero-order valence-electron chi connectivity index (χ0n) is 18.9. The van der Waals surface area contributed by atoms with E-state index in [1.54, 1.807) is 18.2 Å². The zero-order valence-corrected chi connectivity index (χ0v) is 18.9. The summed E-state index contributed by atoms with van der Waals surface area (Å²) >= 11 is 0. The summed E-state index contributed by atoms with van der Waals surface area (Å²) in [6.07, 6.45) is 1.02.